The third kappa shape index (κ3) is 2.67. The van der Waals surface area contributed by atoms with Gasteiger partial charge in [-0.15, -0.1) is 0 Å². The molecule has 18 heavy (non-hydrogen) atoms. The van der Waals surface area contributed by atoms with Crippen LogP contribution in [0.3, 0.4) is 0 Å². The molecule has 1 aromatic heterocycles. The van der Waals surface area contributed by atoms with Gasteiger partial charge in [0.2, 0.25) is 0 Å². The quantitative estimate of drug-likeness (QED) is 0.622. The van der Waals surface area contributed by atoms with E-state index < -0.39 is 5.97 Å². The topological polar surface area (TPSA) is 59.5 Å². The molecule has 0 saturated carbocycles. The lowest BCUT2D eigenvalue weighted by Gasteiger charge is -2.25. The van der Waals surface area contributed by atoms with Crippen molar-refractivity contribution in [2.24, 2.45) is 0 Å². The predicted octanol–water partition coefficient (Wildman–Crippen LogP) is 1.69. The van der Waals surface area contributed by atoms with Gasteiger partial charge in [-0.2, -0.15) is 11.8 Å². The Balaban J connectivity index is 2.32. The molecule has 7 heteroatoms. The molecule has 2 rings (SSSR count). The Morgan fingerprint density at radius 2 is 2.00 bits per heavy atom. The first kappa shape index (κ1) is 13.4. The van der Waals surface area contributed by atoms with Gasteiger partial charge in [0.15, 0.2) is 16.6 Å². The number of ketones is 1. The van der Waals surface area contributed by atoms with Crippen molar-refractivity contribution in [3.8, 4) is 0 Å². The third-order valence-corrected chi connectivity index (χ3v) is 4.76. The first-order valence-corrected chi connectivity index (χ1v) is 7.53. The predicted molar refractivity (Wildman–Crippen MR) is 73.0 cm³/mol. The van der Waals surface area contributed by atoms with Crippen molar-refractivity contribution in [2.45, 2.75) is 6.92 Å². The molecule has 0 bridgehead atoms. The minimum Gasteiger partial charge on any atom is -0.464 e. The molecule has 0 radical (unpaired) electrons. The zero-order chi connectivity index (χ0) is 13.1. The monoisotopic (exact) mass is 286 g/mol. The highest BCUT2D eigenvalue weighted by molar-refractivity contribution is 7.99. The maximum absolute atomic E-state index is 11.6. The van der Waals surface area contributed by atoms with Crippen molar-refractivity contribution < 1.29 is 14.3 Å². The fourth-order valence-corrected chi connectivity index (χ4v) is 3.58. The molecular formula is C11H14N2O3S2. The average Bonchev–Trinajstić information content (AvgIpc) is 2.84. The second-order valence-electron chi connectivity index (χ2n) is 3.82. The van der Waals surface area contributed by atoms with Gasteiger partial charge in [0.1, 0.15) is 4.88 Å². The first-order valence-electron chi connectivity index (χ1n) is 5.56. The molecule has 0 N–H and O–H groups in total. The molecule has 1 aliphatic rings. The molecule has 0 amide bonds. The van der Waals surface area contributed by atoms with E-state index in [1.54, 1.807) is 0 Å². The molecular weight excluding hydrogens is 272 g/mol. The number of Topliss-reactive ketones (excluding diaryl/α,β-unsaturated/α-hetero) is 1. The van der Waals surface area contributed by atoms with Crippen LogP contribution in [0.25, 0.3) is 0 Å². The van der Waals surface area contributed by atoms with E-state index >= 15 is 0 Å². The molecule has 0 atom stereocenters. The summed E-state index contributed by atoms with van der Waals surface area (Å²) in [5.74, 6) is 1.39. The van der Waals surface area contributed by atoms with Crippen molar-refractivity contribution >= 4 is 40.0 Å². The third-order valence-electron chi connectivity index (χ3n) is 2.60. The van der Waals surface area contributed by atoms with Crippen LogP contribution in [0.1, 0.15) is 27.1 Å². The van der Waals surface area contributed by atoms with Gasteiger partial charge in [-0.1, -0.05) is 11.3 Å². The Bertz CT molecular complexity index is 467. The number of thioether (sulfide) groups is 1. The number of methoxy groups -OCH3 is 1. The van der Waals surface area contributed by atoms with E-state index in [9.17, 15) is 9.59 Å². The Morgan fingerprint density at radius 3 is 2.56 bits per heavy atom. The van der Waals surface area contributed by atoms with Gasteiger partial charge in [-0.25, -0.2) is 9.78 Å². The summed E-state index contributed by atoms with van der Waals surface area (Å²) in [6.45, 7) is 3.24. The highest BCUT2D eigenvalue weighted by Crippen LogP contribution is 2.29. The molecule has 1 aromatic rings. The Morgan fingerprint density at radius 1 is 1.33 bits per heavy atom. The van der Waals surface area contributed by atoms with Crippen LogP contribution in [0.15, 0.2) is 0 Å². The summed E-state index contributed by atoms with van der Waals surface area (Å²) in [5, 5.41) is 0.737. The van der Waals surface area contributed by atoms with Crippen LogP contribution in [0.2, 0.25) is 0 Å². The Kier molecular flexibility index (Phi) is 4.23. The van der Waals surface area contributed by atoms with Gasteiger partial charge in [0.05, 0.1) is 7.11 Å². The fraction of sp³-hybridized carbons (Fsp3) is 0.545. The summed E-state index contributed by atoms with van der Waals surface area (Å²) in [4.78, 5) is 29.9. The maximum atomic E-state index is 11.6. The smallest absolute Gasteiger partial charge is 0.358 e. The zero-order valence-corrected chi connectivity index (χ0v) is 11.9. The molecule has 2 heterocycles. The Labute approximate surface area is 114 Å². The van der Waals surface area contributed by atoms with Crippen LogP contribution in [0.5, 0.6) is 0 Å². The van der Waals surface area contributed by atoms with Gasteiger partial charge in [0, 0.05) is 31.5 Å². The summed E-state index contributed by atoms with van der Waals surface area (Å²) in [5.41, 5.74) is 0.142. The number of thiazole rings is 1. The number of ether oxygens (including phenoxy) is 1. The first-order chi connectivity index (χ1) is 8.63. The molecule has 0 aromatic carbocycles. The van der Waals surface area contributed by atoms with Crippen molar-refractivity contribution in [1.82, 2.24) is 4.98 Å². The molecule has 5 nitrogen and oxygen atoms in total. The lowest BCUT2D eigenvalue weighted by Crippen LogP contribution is -2.32. The summed E-state index contributed by atoms with van der Waals surface area (Å²) < 4.78 is 4.66. The minimum atomic E-state index is -0.547. The molecule has 0 aliphatic carbocycles. The number of carbonyl (C=O) groups excluding carboxylic acids is 2. The van der Waals surface area contributed by atoms with Crippen LogP contribution in [0.4, 0.5) is 5.13 Å². The molecule has 1 fully saturated rings. The SMILES string of the molecule is COC(=O)c1nc(N2CCSCC2)sc1C(C)=O. The summed E-state index contributed by atoms with van der Waals surface area (Å²) >= 11 is 3.17. The minimum absolute atomic E-state index is 0.142. The van der Waals surface area contributed by atoms with E-state index in [2.05, 4.69) is 14.6 Å². The van der Waals surface area contributed by atoms with E-state index in [0.717, 1.165) is 29.7 Å². The number of nitrogens with zero attached hydrogens (tertiary/aromatic N) is 2. The van der Waals surface area contributed by atoms with Crippen LogP contribution in [-0.2, 0) is 4.74 Å². The van der Waals surface area contributed by atoms with Crippen molar-refractivity contribution in [2.75, 3.05) is 36.6 Å². The summed E-state index contributed by atoms with van der Waals surface area (Å²) in [6, 6.07) is 0. The van der Waals surface area contributed by atoms with E-state index in [-0.39, 0.29) is 11.5 Å². The van der Waals surface area contributed by atoms with E-state index in [4.69, 9.17) is 0 Å². The fourth-order valence-electron chi connectivity index (χ4n) is 1.67. The zero-order valence-electron chi connectivity index (χ0n) is 10.3. The van der Waals surface area contributed by atoms with Gasteiger partial charge in [-0.05, 0) is 0 Å². The number of carbonyl (C=O) groups is 2. The lowest BCUT2D eigenvalue weighted by atomic mass is 10.3. The number of esters is 1. The molecule has 0 spiro atoms. The van der Waals surface area contributed by atoms with E-state index in [1.807, 2.05) is 11.8 Å². The second kappa shape index (κ2) is 5.71. The van der Waals surface area contributed by atoms with Crippen LogP contribution in [0, 0.1) is 0 Å². The lowest BCUT2D eigenvalue weighted by molar-refractivity contribution is 0.0591. The normalized spacial score (nSPS) is 15.6. The van der Waals surface area contributed by atoms with E-state index in [0.29, 0.717) is 4.88 Å². The number of rotatable bonds is 3. The van der Waals surface area contributed by atoms with Crippen molar-refractivity contribution in [1.29, 1.82) is 0 Å². The Hall–Kier alpha value is -1.08. The summed E-state index contributed by atoms with van der Waals surface area (Å²) in [7, 11) is 1.29. The van der Waals surface area contributed by atoms with Crippen molar-refractivity contribution in [3.63, 3.8) is 0 Å². The molecule has 0 unspecified atom stereocenters. The van der Waals surface area contributed by atoms with Crippen LogP contribution < -0.4 is 4.90 Å². The largest absolute Gasteiger partial charge is 0.464 e. The van der Waals surface area contributed by atoms with Crippen LogP contribution >= 0.6 is 23.1 Å². The highest BCUT2D eigenvalue weighted by Gasteiger charge is 2.24. The van der Waals surface area contributed by atoms with Crippen molar-refractivity contribution in [3.05, 3.63) is 10.6 Å². The maximum Gasteiger partial charge on any atom is 0.358 e. The average molecular weight is 286 g/mol. The van der Waals surface area contributed by atoms with Gasteiger partial charge < -0.3 is 9.64 Å². The second-order valence-corrected chi connectivity index (χ2v) is 6.02. The number of aromatic nitrogens is 1. The molecule has 1 aliphatic heterocycles. The summed E-state index contributed by atoms with van der Waals surface area (Å²) in [6.07, 6.45) is 0. The number of hydrogen-bond donors (Lipinski definition) is 0. The van der Waals surface area contributed by atoms with Crippen LogP contribution in [-0.4, -0.2) is 48.4 Å². The number of anilines is 1. The highest BCUT2D eigenvalue weighted by atomic mass is 32.2. The standard InChI is InChI=1S/C11H14N2O3S2/c1-7(14)9-8(10(15)16-2)12-11(18-9)13-3-5-17-6-4-13/h3-6H2,1-2H3. The number of hydrogen-bond acceptors (Lipinski definition) is 7. The van der Waals surface area contributed by atoms with Gasteiger partial charge >= 0.3 is 5.97 Å². The van der Waals surface area contributed by atoms with E-state index in [1.165, 1.54) is 25.4 Å². The van der Waals surface area contributed by atoms with Gasteiger partial charge in [0.25, 0.3) is 0 Å². The molecule has 1 saturated heterocycles. The van der Waals surface area contributed by atoms with Gasteiger partial charge in [-0.3, -0.25) is 4.79 Å². The molecule has 98 valence electrons.